The summed E-state index contributed by atoms with van der Waals surface area (Å²) in [6.07, 6.45) is 1.60. The molecule has 2 heterocycles. The van der Waals surface area contributed by atoms with Gasteiger partial charge in [0.05, 0.1) is 32.9 Å². The number of likely N-dealkylation sites (tertiary alicyclic amines) is 1. The first-order chi connectivity index (χ1) is 18.3. The van der Waals surface area contributed by atoms with Crippen LogP contribution in [0.3, 0.4) is 0 Å². The highest BCUT2D eigenvalue weighted by Gasteiger charge is 2.66. The van der Waals surface area contributed by atoms with Crippen molar-refractivity contribution in [2.75, 3.05) is 47.6 Å². The lowest BCUT2D eigenvalue weighted by Crippen LogP contribution is -2.65. The number of hydrogen-bond acceptors (Lipinski definition) is 6. The molecule has 2 fully saturated rings. The number of carbonyl (C=O) groups excluding carboxylic acids is 1. The minimum Gasteiger partial charge on any atom is -0.497 e. The summed E-state index contributed by atoms with van der Waals surface area (Å²) in [6.45, 7) is 9.39. The number of urea groups is 1. The molecule has 1 spiro atoms. The number of hydrogen-bond donors (Lipinski definition) is 1. The van der Waals surface area contributed by atoms with Crippen LogP contribution in [0.1, 0.15) is 37.3 Å². The van der Waals surface area contributed by atoms with Crippen molar-refractivity contribution in [3.05, 3.63) is 71.8 Å². The van der Waals surface area contributed by atoms with Gasteiger partial charge in [0, 0.05) is 45.8 Å². The Hall–Kier alpha value is -3.07. The van der Waals surface area contributed by atoms with Crippen LogP contribution < -0.4 is 9.47 Å². The maximum atomic E-state index is 14.0. The van der Waals surface area contributed by atoms with Gasteiger partial charge in [-0.05, 0) is 43.0 Å². The van der Waals surface area contributed by atoms with E-state index < -0.39 is 11.3 Å². The summed E-state index contributed by atoms with van der Waals surface area (Å²) in [5, 5.41) is 12.5. The quantitative estimate of drug-likeness (QED) is 0.444. The summed E-state index contributed by atoms with van der Waals surface area (Å²) in [7, 11) is 4.94. The summed E-state index contributed by atoms with van der Waals surface area (Å²) in [6, 6.07) is 15.6. The average Bonchev–Trinajstić information content (AvgIpc) is 3.06. The smallest absolute Gasteiger partial charge is 0.323 e. The fourth-order valence-corrected chi connectivity index (χ4v) is 6.06. The minimum absolute atomic E-state index is 0.152. The molecule has 0 radical (unpaired) electrons. The van der Waals surface area contributed by atoms with E-state index in [0.717, 1.165) is 47.8 Å². The monoisotopic (exact) mass is 523 g/mol. The Kier molecular flexibility index (Phi) is 8.65. The van der Waals surface area contributed by atoms with Gasteiger partial charge in [0.15, 0.2) is 5.72 Å². The van der Waals surface area contributed by atoms with Crippen LogP contribution >= 0.6 is 0 Å². The van der Waals surface area contributed by atoms with E-state index in [-0.39, 0.29) is 6.03 Å². The van der Waals surface area contributed by atoms with E-state index in [1.54, 1.807) is 26.2 Å². The molecule has 4 rings (SSSR count). The third kappa shape index (κ3) is 5.39. The third-order valence-corrected chi connectivity index (χ3v) is 7.92. The topological polar surface area (TPSA) is 74.7 Å². The van der Waals surface area contributed by atoms with Crippen LogP contribution in [-0.2, 0) is 17.8 Å². The zero-order valence-corrected chi connectivity index (χ0v) is 23.1. The highest BCUT2D eigenvalue weighted by atomic mass is 16.5. The lowest BCUT2D eigenvalue weighted by atomic mass is 9.74. The van der Waals surface area contributed by atoms with Crippen LogP contribution in [0.2, 0.25) is 0 Å². The number of rotatable bonds is 11. The third-order valence-electron chi connectivity index (χ3n) is 7.92. The molecule has 0 bridgehead atoms. The molecule has 206 valence electrons. The van der Waals surface area contributed by atoms with Crippen LogP contribution in [0.5, 0.6) is 11.5 Å². The number of benzene rings is 2. The van der Waals surface area contributed by atoms with E-state index in [2.05, 4.69) is 11.5 Å². The Morgan fingerprint density at radius 1 is 0.947 bits per heavy atom. The number of nitrogens with zero attached hydrogens (tertiary/aromatic N) is 3. The second kappa shape index (κ2) is 11.8. The predicted octanol–water partition coefficient (Wildman–Crippen LogP) is 4.28. The summed E-state index contributed by atoms with van der Waals surface area (Å²) < 4.78 is 16.3. The molecule has 2 saturated heterocycles. The molecule has 2 aliphatic heterocycles. The van der Waals surface area contributed by atoms with Crippen molar-refractivity contribution in [2.45, 2.75) is 50.5 Å². The molecule has 2 amide bonds. The maximum absolute atomic E-state index is 14.0. The van der Waals surface area contributed by atoms with E-state index in [9.17, 15) is 9.90 Å². The Bertz CT molecular complexity index is 1090. The van der Waals surface area contributed by atoms with Gasteiger partial charge in [-0.2, -0.15) is 0 Å². The average molecular weight is 524 g/mol. The van der Waals surface area contributed by atoms with Crippen LogP contribution in [-0.4, -0.2) is 84.7 Å². The van der Waals surface area contributed by atoms with Gasteiger partial charge in [0.2, 0.25) is 0 Å². The molecule has 2 aromatic rings. The van der Waals surface area contributed by atoms with Gasteiger partial charge < -0.3 is 24.2 Å². The van der Waals surface area contributed by atoms with Gasteiger partial charge in [0.25, 0.3) is 0 Å². The SMILES string of the molecule is C=C(C)CC1(O)N(Cc2ccccc2)C(=O)N(CCOC)C12CCN(Cc1cc(OC)cc(OC)c1)CC2. The van der Waals surface area contributed by atoms with Gasteiger partial charge in [0.1, 0.15) is 11.5 Å². The molecule has 8 heteroatoms. The summed E-state index contributed by atoms with van der Waals surface area (Å²) in [5.41, 5.74) is 0.786. The van der Waals surface area contributed by atoms with Crippen molar-refractivity contribution in [1.29, 1.82) is 0 Å². The molecule has 38 heavy (non-hydrogen) atoms. The highest BCUT2D eigenvalue weighted by Crippen LogP contribution is 2.50. The van der Waals surface area contributed by atoms with Gasteiger partial charge in [-0.15, -0.1) is 0 Å². The zero-order valence-electron chi connectivity index (χ0n) is 23.1. The van der Waals surface area contributed by atoms with Crippen LogP contribution in [0.15, 0.2) is 60.7 Å². The summed E-state index contributed by atoms with van der Waals surface area (Å²) in [4.78, 5) is 19.9. The van der Waals surface area contributed by atoms with Crippen molar-refractivity contribution in [2.24, 2.45) is 0 Å². The standard InChI is InChI=1S/C30H41N3O5/c1-23(2)20-30(35)29(32(15-16-36-3)28(34)33(30)22-24-9-7-6-8-10-24)11-13-31(14-12-29)21-25-17-26(37-4)19-27(18-25)38-5/h6-10,17-19,35H,1,11-16,20-22H2,2-5H3. The van der Waals surface area contributed by atoms with E-state index in [0.29, 0.717) is 39.0 Å². The highest BCUT2D eigenvalue weighted by molar-refractivity contribution is 5.80. The number of methoxy groups -OCH3 is 3. The van der Waals surface area contributed by atoms with E-state index in [4.69, 9.17) is 14.2 Å². The Morgan fingerprint density at radius 3 is 2.13 bits per heavy atom. The number of carbonyl (C=O) groups is 1. The van der Waals surface area contributed by atoms with E-state index in [1.165, 1.54) is 0 Å². The summed E-state index contributed by atoms with van der Waals surface area (Å²) >= 11 is 0. The van der Waals surface area contributed by atoms with Crippen molar-refractivity contribution in [1.82, 2.24) is 14.7 Å². The number of piperidine rings is 1. The zero-order chi connectivity index (χ0) is 27.3. The molecule has 0 saturated carbocycles. The fraction of sp³-hybridized carbons (Fsp3) is 0.500. The number of ether oxygens (including phenoxy) is 3. The van der Waals surface area contributed by atoms with Crippen molar-refractivity contribution in [3.63, 3.8) is 0 Å². The van der Waals surface area contributed by atoms with Gasteiger partial charge in [-0.1, -0.05) is 42.5 Å². The Morgan fingerprint density at radius 2 is 1.58 bits per heavy atom. The van der Waals surface area contributed by atoms with Crippen LogP contribution in [0.4, 0.5) is 4.79 Å². The van der Waals surface area contributed by atoms with Crippen LogP contribution in [0.25, 0.3) is 0 Å². The first kappa shape index (κ1) is 28.0. The van der Waals surface area contributed by atoms with Gasteiger partial charge >= 0.3 is 6.03 Å². The van der Waals surface area contributed by atoms with Crippen molar-refractivity contribution >= 4 is 6.03 Å². The first-order valence-corrected chi connectivity index (χ1v) is 13.2. The maximum Gasteiger partial charge on any atom is 0.323 e. The molecular weight excluding hydrogens is 482 g/mol. The first-order valence-electron chi connectivity index (χ1n) is 13.2. The van der Waals surface area contributed by atoms with Gasteiger partial charge in [-0.3, -0.25) is 9.80 Å². The van der Waals surface area contributed by atoms with E-state index in [1.807, 2.05) is 60.4 Å². The number of amides is 2. The minimum atomic E-state index is -1.38. The molecular formula is C30H41N3O5. The Balaban J connectivity index is 1.63. The second-order valence-electron chi connectivity index (χ2n) is 10.5. The predicted molar refractivity (Wildman–Crippen MR) is 147 cm³/mol. The van der Waals surface area contributed by atoms with Crippen molar-refractivity contribution in [3.8, 4) is 11.5 Å². The second-order valence-corrected chi connectivity index (χ2v) is 10.5. The number of aliphatic hydroxyl groups is 1. The molecule has 0 aliphatic carbocycles. The largest absolute Gasteiger partial charge is 0.497 e. The van der Waals surface area contributed by atoms with Gasteiger partial charge in [-0.25, -0.2) is 4.79 Å². The molecule has 1 atom stereocenters. The fourth-order valence-electron chi connectivity index (χ4n) is 6.06. The lowest BCUT2D eigenvalue weighted by molar-refractivity contribution is -0.153. The van der Waals surface area contributed by atoms with Crippen LogP contribution in [0, 0.1) is 0 Å². The lowest BCUT2D eigenvalue weighted by Gasteiger charge is -2.51. The van der Waals surface area contributed by atoms with Crippen molar-refractivity contribution < 1.29 is 24.1 Å². The molecule has 1 unspecified atom stereocenters. The molecule has 2 aromatic carbocycles. The van der Waals surface area contributed by atoms with E-state index >= 15 is 0 Å². The molecule has 2 aliphatic rings. The Labute approximate surface area is 226 Å². The molecule has 8 nitrogen and oxygen atoms in total. The molecule has 0 aromatic heterocycles. The summed E-state index contributed by atoms with van der Waals surface area (Å²) in [5.74, 6) is 1.51. The normalized spacial score (nSPS) is 21.2. The molecule has 1 N–H and O–H groups in total.